The molecule has 2 amide bonds. The van der Waals surface area contributed by atoms with Gasteiger partial charge in [-0.3, -0.25) is 19.7 Å². The van der Waals surface area contributed by atoms with Crippen LogP contribution in [-0.4, -0.2) is 53.9 Å². The summed E-state index contributed by atoms with van der Waals surface area (Å²) in [5.41, 5.74) is 1.53. The maximum absolute atomic E-state index is 13.1. The lowest BCUT2D eigenvalue weighted by molar-refractivity contribution is -0.384. The van der Waals surface area contributed by atoms with Crippen molar-refractivity contribution in [1.82, 2.24) is 10.2 Å². The number of hydrogen-bond donors (Lipinski definition) is 1. The predicted molar refractivity (Wildman–Crippen MR) is 119 cm³/mol. The molecule has 0 spiro atoms. The highest BCUT2D eigenvalue weighted by Crippen LogP contribution is 2.28. The summed E-state index contributed by atoms with van der Waals surface area (Å²) < 4.78 is 0. The van der Waals surface area contributed by atoms with E-state index in [1.807, 2.05) is 49.1 Å². The van der Waals surface area contributed by atoms with Crippen LogP contribution >= 0.6 is 0 Å². The molecule has 3 rings (SSSR count). The molecule has 2 aromatic carbocycles. The van der Waals surface area contributed by atoms with Crippen LogP contribution in [0.5, 0.6) is 0 Å². The molecule has 1 aliphatic rings. The number of amides is 2. The Morgan fingerprint density at radius 3 is 2.23 bits per heavy atom. The van der Waals surface area contributed by atoms with Crippen LogP contribution < -0.4 is 10.2 Å². The molecule has 164 valence electrons. The topological polar surface area (TPSA) is 95.8 Å². The van der Waals surface area contributed by atoms with Gasteiger partial charge >= 0.3 is 0 Å². The van der Waals surface area contributed by atoms with Crippen LogP contribution in [0.15, 0.2) is 54.6 Å². The number of anilines is 1. The zero-order chi connectivity index (χ0) is 22.4. The second-order valence-electron chi connectivity index (χ2n) is 8.01. The number of nitro groups is 1. The van der Waals surface area contributed by atoms with Crippen LogP contribution in [0.4, 0.5) is 11.4 Å². The van der Waals surface area contributed by atoms with Crippen molar-refractivity contribution in [2.75, 3.05) is 31.1 Å². The van der Waals surface area contributed by atoms with Gasteiger partial charge in [-0.2, -0.15) is 0 Å². The van der Waals surface area contributed by atoms with Gasteiger partial charge in [0.25, 0.3) is 5.69 Å². The molecule has 1 fully saturated rings. The van der Waals surface area contributed by atoms with Gasteiger partial charge in [-0.15, -0.1) is 0 Å². The van der Waals surface area contributed by atoms with Gasteiger partial charge in [0.2, 0.25) is 11.8 Å². The van der Waals surface area contributed by atoms with E-state index in [1.165, 1.54) is 6.07 Å². The molecule has 8 heteroatoms. The maximum Gasteiger partial charge on any atom is 0.292 e. The normalized spacial score (nSPS) is 14.9. The number of benzene rings is 2. The highest BCUT2D eigenvalue weighted by molar-refractivity contribution is 5.88. The van der Waals surface area contributed by atoms with Gasteiger partial charge in [-0.05, 0) is 17.5 Å². The monoisotopic (exact) mass is 424 g/mol. The van der Waals surface area contributed by atoms with E-state index in [9.17, 15) is 19.7 Å². The Bertz CT molecular complexity index is 924. The fourth-order valence-electron chi connectivity index (χ4n) is 3.77. The Kier molecular flexibility index (Phi) is 7.23. The van der Waals surface area contributed by atoms with Crippen molar-refractivity contribution < 1.29 is 14.5 Å². The third-order valence-electron chi connectivity index (χ3n) is 5.47. The third-order valence-corrected chi connectivity index (χ3v) is 5.47. The first-order valence-corrected chi connectivity index (χ1v) is 10.5. The molecule has 8 nitrogen and oxygen atoms in total. The average Bonchev–Trinajstić information content (AvgIpc) is 2.77. The standard InChI is InChI=1S/C23H28N4O4/c1-17(2)22(24-21(28)16-18-8-4-3-5-9-18)23(29)26-14-12-25(13-15-26)19-10-6-7-11-20(19)27(30)31/h3-11,17,22H,12-16H2,1-2H3,(H,24,28). The van der Waals surface area contributed by atoms with E-state index in [1.54, 1.807) is 23.1 Å². The Balaban J connectivity index is 1.61. The lowest BCUT2D eigenvalue weighted by Gasteiger charge is -2.38. The molecule has 0 radical (unpaired) electrons. The molecule has 0 aliphatic carbocycles. The highest BCUT2D eigenvalue weighted by atomic mass is 16.6. The van der Waals surface area contributed by atoms with E-state index < -0.39 is 6.04 Å². The molecule has 1 atom stereocenters. The molecule has 1 heterocycles. The van der Waals surface area contributed by atoms with Gasteiger partial charge < -0.3 is 15.1 Å². The van der Waals surface area contributed by atoms with E-state index in [4.69, 9.17) is 0 Å². The van der Waals surface area contributed by atoms with Crippen molar-refractivity contribution in [2.24, 2.45) is 5.92 Å². The summed E-state index contributed by atoms with van der Waals surface area (Å²) in [5.74, 6) is -0.351. The van der Waals surface area contributed by atoms with Crippen LogP contribution in [-0.2, 0) is 16.0 Å². The largest absolute Gasteiger partial charge is 0.362 e. The number of hydrogen-bond acceptors (Lipinski definition) is 5. The molecular weight excluding hydrogens is 396 g/mol. The van der Waals surface area contributed by atoms with Crippen LogP contribution in [0.25, 0.3) is 0 Å². The van der Waals surface area contributed by atoms with Crippen molar-refractivity contribution in [3.8, 4) is 0 Å². The first-order chi connectivity index (χ1) is 14.9. The highest BCUT2D eigenvalue weighted by Gasteiger charge is 2.31. The van der Waals surface area contributed by atoms with E-state index in [0.29, 0.717) is 31.9 Å². The van der Waals surface area contributed by atoms with Gasteiger partial charge in [-0.25, -0.2) is 0 Å². The summed E-state index contributed by atoms with van der Waals surface area (Å²) in [6.45, 7) is 5.72. The molecule has 1 N–H and O–H groups in total. The molecule has 31 heavy (non-hydrogen) atoms. The van der Waals surface area contributed by atoms with E-state index in [-0.39, 0.29) is 34.8 Å². The third kappa shape index (κ3) is 5.59. The lowest BCUT2D eigenvalue weighted by Crippen LogP contribution is -2.56. The number of carbonyl (C=O) groups is 2. The quantitative estimate of drug-likeness (QED) is 0.545. The molecule has 2 aromatic rings. The van der Waals surface area contributed by atoms with E-state index >= 15 is 0 Å². The number of carbonyl (C=O) groups excluding carboxylic acids is 2. The molecule has 1 saturated heterocycles. The molecule has 1 unspecified atom stereocenters. The van der Waals surface area contributed by atoms with Crippen molar-refractivity contribution >= 4 is 23.2 Å². The van der Waals surface area contributed by atoms with Gasteiger partial charge in [-0.1, -0.05) is 56.3 Å². The number of rotatable bonds is 7. The second-order valence-corrected chi connectivity index (χ2v) is 8.01. The van der Waals surface area contributed by atoms with Gasteiger partial charge in [0.1, 0.15) is 11.7 Å². The zero-order valence-electron chi connectivity index (χ0n) is 17.9. The fourth-order valence-corrected chi connectivity index (χ4v) is 3.77. The molecule has 0 saturated carbocycles. The summed E-state index contributed by atoms with van der Waals surface area (Å²) in [7, 11) is 0. The Morgan fingerprint density at radius 1 is 1.00 bits per heavy atom. The summed E-state index contributed by atoms with van der Waals surface area (Å²) in [6, 6.07) is 15.5. The van der Waals surface area contributed by atoms with Gasteiger partial charge in [0.05, 0.1) is 11.3 Å². The van der Waals surface area contributed by atoms with Gasteiger partial charge in [0.15, 0.2) is 0 Å². The summed E-state index contributed by atoms with van der Waals surface area (Å²) in [4.78, 5) is 40.2. The SMILES string of the molecule is CC(C)C(NC(=O)Cc1ccccc1)C(=O)N1CCN(c2ccccc2[N+](=O)[O-])CC1. The average molecular weight is 425 g/mol. The minimum absolute atomic E-state index is 0.0551. The fraction of sp³-hybridized carbons (Fsp3) is 0.391. The molecule has 0 aromatic heterocycles. The minimum atomic E-state index is -0.603. The van der Waals surface area contributed by atoms with Crippen molar-refractivity contribution in [3.63, 3.8) is 0 Å². The Morgan fingerprint density at radius 2 is 1.61 bits per heavy atom. The summed E-state index contributed by atoms with van der Waals surface area (Å²) in [5, 5.41) is 14.2. The zero-order valence-corrected chi connectivity index (χ0v) is 17.9. The Hall–Kier alpha value is -3.42. The second kappa shape index (κ2) is 10.1. The number of nitrogens with zero attached hydrogens (tertiary/aromatic N) is 3. The van der Waals surface area contributed by atoms with Crippen LogP contribution in [0, 0.1) is 16.0 Å². The van der Waals surface area contributed by atoms with Gasteiger partial charge in [0, 0.05) is 32.2 Å². The van der Waals surface area contributed by atoms with Crippen LogP contribution in [0.1, 0.15) is 19.4 Å². The number of para-hydroxylation sites is 2. The van der Waals surface area contributed by atoms with E-state index in [0.717, 1.165) is 5.56 Å². The van der Waals surface area contributed by atoms with Crippen molar-refractivity contribution in [1.29, 1.82) is 0 Å². The molecule has 0 bridgehead atoms. The van der Waals surface area contributed by atoms with Crippen molar-refractivity contribution in [3.05, 3.63) is 70.3 Å². The van der Waals surface area contributed by atoms with Crippen LogP contribution in [0.3, 0.4) is 0 Å². The maximum atomic E-state index is 13.1. The smallest absolute Gasteiger partial charge is 0.292 e. The number of nitrogens with one attached hydrogen (secondary N) is 1. The Labute approximate surface area is 182 Å². The van der Waals surface area contributed by atoms with Crippen molar-refractivity contribution in [2.45, 2.75) is 26.3 Å². The van der Waals surface area contributed by atoms with E-state index in [2.05, 4.69) is 5.32 Å². The first-order valence-electron chi connectivity index (χ1n) is 10.5. The number of nitro benzene ring substituents is 1. The predicted octanol–water partition coefficient (Wildman–Crippen LogP) is 2.63. The van der Waals surface area contributed by atoms with Crippen LogP contribution in [0.2, 0.25) is 0 Å². The number of piperazine rings is 1. The molecular formula is C23H28N4O4. The molecule has 1 aliphatic heterocycles. The summed E-state index contributed by atoms with van der Waals surface area (Å²) >= 11 is 0. The minimum Gasteiger partial charge on any atom is -0.362 e. The lowest BCUT2D eigenvalue weighted by atomic mass is 10.0. The summed E-state index contributed by atoms with van der Waals surface area (Å²) in [6.07, 6.45) is 0.225. The first kappa shape index (κ1) is 22.3.